The third-order valence-corrected chi connectivity index (χ3v) is 5.27. The summed E-state index contributed by atoms with van der Waals surface area (Å²) in [5.41, 5.74) is 6.72. The van der Waals surface area contributed by atoms with Gasteiger partial charge in [-0.3, -0.25) is 9.59 Å². The molecule has 3 rings (SSSR count). The van der Waals surface area contributed by atoms with Crippen LogP contribution >= 0.6 is 11.3 Å². The number of thiophene rings is 1. The Morgan fingerprint density at radius 3 is 2.90 bits per heavy atom. The van der Waals surface area contributed by atoms with Gasteiger partial charge in [-0.05, 0) is 37.3 Å². The van der Waals surface area contributed by atoms with Gasteiger partial charge >= 0.3 is 0 Å². The predicted molar refractivity (Wildman–Crippen MR) is 77.8 cm³/mol. The zero-order valence-electron chi connectivity index (χ0n) is 11.4. The Bertz CT molecular complexity index is 517. The standard InChI is InChI=1S/C14H19N3O2S/c15-13(18)10-8-16-5-6-17(10)14(19)12-7-9-3-1-2-4-11(9)20-12/h7,10,16H,1-6,8H2,(H2,15,18). The smallest absolute Gasteiger partial charge is 0.264 e. The summed E-state index contributed by atoms with van der Waals surface area (Å²) in [5, 5.41) is 3.11. The van der Waals surface area contributed by atoms with Crippen molar-refractivity contribution in [1.29, 1.82) is 0 Å². The van der Waals surface area contributed by atoms with E-state index in [2.05, 4.69) is 5.32 Å². The first-order valence-corrected chi connectivity index (χ1v) is 7.91. The first kappa shape index (κ1) is 13.6. The first-order chi connectivity index (χ1) is 9.66. The summed E-state index contributed by atoms with van der Waals surface area (Å²) in [6, 6.07) is 1.48. The lowest BCUT2D eigenvalue weighted by Gasteiger charge is -2.33. The lowest BCUT2D eigenvalue weighted by atomic mass is 9.99. The fraction of sp³-hybridized carbons (Fsp3) is 0.571. The maximum Gasteiger partial charge on any atom is 0.264 e. The number of fused-ring (bicyclic) bond motifs is 1. The second kappa shape index (κ2) is 5.54. The van der Waals surface area contributed by atoms with Crippen molar-refractivity contribution in [3.63, 3.8) is 0 Å². The Morgan fingerprint density at radius 2 is 2.15 bits per heavy atom. The summed E-state index contributed by atoms with van der Waals surface area (Å²) in [6.45, 7) is 1.70. The monoisotopic (exact) mass is 293 g/mol. The Morgan fingerprint density at radius 1 is 1.35 bits per heavy atom. The van der Waals surface area contributed by atoms with E-state index in [1.807, 2.05) is 6.07 Å². The number of rotatable bonds is 2. The van der Waals surface area contributed by atoms with Gasteiger partial charge in [0.05, 0.1) is 4.88 Å². The molecular formula is C14H19N3O2S. The van der Waals surface area contributed by atoms with E-state index in [9.17, 15) is 9.59 Å². The van der Waals surface area contributed by atoms with Crippen molar-refractivity contribution < 1.29 is 9.59 Å². The average Bonchev–Trinajstić information content (AvgIpc) is 2.90. The van der Waals surface area contributed by atoms with Crippen LogP contribution in [0.5, 0.6) is 0 Å². The molecule has 1 aliphatic heterocycles. The molecule has 1 aromatic rings. The normalized spacial score (nSPS) is 22.4. The molecule has 2 heterocycles. The second-order valence-corrected chi connectivity index (χ2v) is 6.52. The van der Waals surface area contributed by atoms with Gasteiger partial charge in [0.1, 0.15) is 6.04 Å². The highest BCUT2D eigenvalue weighted by Gasteiger charge is 2.32. The molecule has 1 aliphatic carbocycles. The fourth-order valence-corrected chi connectivity index (χ4v) is 4.15. The van der Waals surface area contributed by atoms with Gasteiger partial charge in [-0.25, -0.2) is 0 Å². The Kier molecular flexibility index (Phi) is 3.76. The zero-order chi connectivity index (χ0) is 14.1. The molecule has 0 bridgehead atoms. The van der Waals surface area contributed by atoms with Crippen LogP contribution in [0.15, 0.2) is 6.07 Å². The van der Waals surface area contributed by atoms with Crippen LogP contribution in [-0.2, 0) is 17.6 Å². The van der Waals surface area contributed by atoms with Crippen molar-refractivity contribution in [2.75, 3.05) is 19.6 Å². The molecule has 1 saturated heterocycles. The summed E-state index contributed by atoms with van der Waals surface area (Å²) in [4.78, 5) is 27.8. The first-order valence-electron chi connectivity index (χ1n) is 7.09. The molecular weight excluding hydrogens is 274 g/mol. The maximum absolute atomic E-state index is 12.6. The lowest BCUT2D eigenvalue weighted by molar-refractivity contribution is -0.122. The molecule has 2 aliphatic rings. The van der Waals surface area contributed by atoms with E-state index >= 15 is 0 Å². The molecule has 3 N–H and O–H groups in total. The number of carbonyl (C=O) groups excluding carboxylic acids is 2. The van der Waals surface area contributed by atoms with Crippen LogP contribution in [0.25, 0.3) is 0 Å². The molecule has 5 nitrogen and oxygen atoms in total. The molecule has 1 unspecified atom stereocenters. The molecule has 6 heteroatoms. The highest BCUT2D eigenvalue weighted by molar-refractivity contribution is 7.14. The predicted octanol–water partition coefficient (Wildman–Crippen LogP) is 0.526. The minimum atomic E-state index is -0.532. The van der Waals surface area contributed by atoms with Crippen LogP contribution in [0.4, 0.5) is 0 Å². The quantitative estimate of drug-likeness (QED) is 0.835. The van der Waals surface area contributed by atoms with E-state index in [1.165, 1.54) is 23.3 Å². The Balaban J connectivity index is 1.83. The van der Waals surface area contributed by atoms with Gasteiger partial charge in [-0.2, -0.15) is 0 Å². The molecule has 1 aromatic heterocycles. The molecule has 108 valence electrons. The number of hydrogen-bond donors (Lipinski definition) is 2. The summed E-state index contributed by atoms with van der Waals surface area (Å²) in [7, 11) is 0. The van der Waals surface area contributed by atoms with Crippen molar-refractivity contribution in [3.8, 4) is 0 Å². The van der Waals surface area contributed by atoms with E-state index in [4.69, 9.17) is 5.73 Å². The van der Waals surface area contributed by atoms with Crippen molar-refractivity contribution in [1.82, 2.24) is 10.2 Å². The summed E-state index contributed by atoms with van der Waals surface area (Å²) in [6.07, 6.45) is 4.56. The number of piperazine rings is 1. The molecule has 0 aromatic carbocycles. The maximum atomic E-state index is 12.6. The molecule has 20 heavy (non-hydrogen) atoms. The Labute approximate surface area is 122 Å². The van der Waals surface area contributed by atoms with Crippen LogP contribution in [0.3, 0.4) is 0 Å². The summed E-state index contributed by atoms with van der Waals surface area (Å²) >= 11 is 1.59. The van der Waals surface area contributed by atoms with E-state index in [0.717, 1.165) is 17.7 Å². The molecule has 0 spiro atoms. The molecule has 0 saturated carbocycles. The summed E-state index contributed by atoms with van der Waals surface area (Å²) < 4.78 is 0. The third kappa shape index (κ3) is 2.45. The number of nitrogens with one attached hydrogen (secondary N) is 1. The van der Waals surface area contributed by atoms with Gasteiger partial charge in [0.25, 0.3) is 5.91 Å². The van der Waals surface area contributed by atoms with E-state index < -0.39 is 11.9 Å². The van der Waals surface area contributed by atoms with Gasteiger partial charge < -0.3 is 16.0 Å². The van der Waals surface area contributed by atoms with Crippen LogP contribution in [-0.4, -0.2) is 42.4 Å². The third-order valence-electron chi connectivity index (χ3n) is 4.04. The van der Waals surface area contributed by atoms with Crippen molar-refractivity contribution in [2.45, 2.75) is 31.7 Å². The number of nitrogens with zero attached hydrogens (tertiary/aromatic N) is 1. The lowest BCUT2D eigenvalue weighted by Crippen LogP contribution is -2.58. The topological polar surface area (TPSA) is 75.4 Å². The largest absolute Gasteiger partial charge is 0.368 e. The number of hydrogen-bond acceptors (Lipinski definition) is 4. The minimum Gasteiger partial charge on any atom is -0.368 e. The fourth-order valence-electron chi connectivity index (χ4n) is 2.94. The molecule has 1 atom stereocenters. The van der Waals surface area contributed by atoms with Gasteiger partial charge in [0, 0.05) is 24.5 Å². The van der Waals surface area contributed by atoms with Gasteiger partial charge in [-0.15, -0.1) is 11.3 Å². The second-order valence-electron chi connectivity index (χ2n) is 5.39. The zero-order valence-corrected chi connectivity index (χ0v) is 12.2. The van der Waals surface area contributed by atoms with Crippen LogP contribution in [0.2, 0.25) is 0 Å². The minimum absolute atomic E-state index is 0.0466. The van der Waals surface area contributed by atoms with Gasteiger partial charge in [-0.1, -0.05) is 0 Å². The molecule has 0 radical (unpaired) electrons. The number of amides is 2. The van der Waals surface area contributed by atoms with E-state index in [-0.39, 0.29) is 5.91 Å². The van der Waals surface area contributed by atoms with E-state index in [0.29, 0.717) is 19.6 Å². The molecule has 2 amide bonds. The van der Waals surface area contributed by atoms with Crippen molar-refractivity contribution in [2.24, 2.45) is 5.73 Å². The average molecular weight is 293 g/mol. The van der Waals surface area contributed by atoms with Crippen molar-refractivity contribution >= 4 is 23.2 Å². The van der Waals surface area contributed by atoms with Gasteiger partial charge in [0.15, 0.2) is 0 Å². The summed E-state index contributed by atoms with van der Waals surface area (Å²) in [5.74, 6) is -0.485. The van der Waals surface area contributed by atoms with Crippen LogP contribution in [0, 0.1) is 0 Å². The SMILES string of the molecule is NC(=O)C1CNCCN1C(=O)c1cc2c(s1)CCCC2. The van der Waals surface area contributed by atoms with Crippen LogP contribution in [0.1, 0.15) is 33.0 Å². The van der Waals surface area contributed by atoms with Gasteiger partial charge in [0.2, 0.25) is 5.91 Å². The highest BCUT2D eigenvalue weighted by atomic mass is 32.1. The van der Waals surface area contributed by atoms with Crippen molar-refractivity contribution in [3.05, 3.63) is 21.4 Å². The number of nitrogens with two attached hydrogens (primary N) is 1. The molecule has 1 fully saturated rings. The van der Waals surface area contributed by atoms with E-state index in [1.54, 1.807) is 16.2 Å². The Hall–Kier alpha value is -1.40. The number of primary amides is 1. The van der Waals surface area contributed by atoms with Crippen LogP contribution < -0.4 is 11.1 Å². The number of aryl methyl sites for hydroxylation is 2. The number of carbonyl (C=O) groups is 2. The highest BCUT2D eigenvalue weighted by Crippen LogP contribution is 2.30.